The van der Waals surface area contributed by atoms with Crippen LogP contribution in [0.15, 0.2) is 30.3 Å². The minimum atomic E-state index is -3.25. The first-order valence-electron chi connectivity index (χ1n) is 6.34. The van der Waals surface area contributed by atoms with E-state index in [2.05, 4.69) is 37.9 Å². The summed E-state index contributed by atoms with van der Waals surface area (Å²) >= 11 is 2.17. The lowest BCUT2D eigenvalue weighted by Gasteiger charge is -2.14. The molecule has 1 aromatic carbocycles. The number of nitrogens with zero attached hydrogens (tertiary/aromatic N) is 2. The highest BCUT2D eigenvalue weighted by Gasteiger charge is 2.23. The van der Waals surface area contributed by atoms with E-state index in [0.717, 1.165) is 14.8 Å². The summed E-state index contributed by atoms with van der Waals surface area (Å²) in [6, 6.07) is 9.66. The molecule has 1 aromatic heterocycles. The number of aromatic nitrogens is 2. The lowest BCUT2D eigenvalue weighted by atomic mass is 10.1. The van der Waals surface area contributed by atoms with Crippen molar-refractivity contribution < 1.29 is 8.42 Å². The van der Waals surface area contributed by atoms with Crippen LogP contribution in [-0.4, -0.2) is 31.7 Å². The van der Waals surface area contributed by atoms with E-state index in [4.69, 9.17) is 0 Å². The molecule has 0 radical (unpaired) electrons. The van der Waals surface area contributed by atoms with Gasteiger partial charge in [0.05, 0.1) is 9.26 Å². The third kappa shape index (κ3) is 3.52. The molecule has 21 heavy (non-hydrogen) atoms. The molecule has 1 N–H and O–H groups in total. The predicted molar refractivity (Wildman–Crippen MR) is 93.0 cm³/mol. The molecule has 0 spiro atoms. The lowest BCUT2D eigenvalue weighted by Crippen LogP contribution is -2.14. The molecule has 0 amide bonds. The zero-order chi connectivity index (χ0) is 15.6. The van der Waals surface area contributed by atoms with Gasteiger partial charge in [0.15, 0.2) is 9.84 Å². The van der Waals surface area contributed by atoms with Gasteiger partial charge in [-0.3, -0.25) is 0 Å². The number of benzene rings is 1. The minimum Gasteiger partial charge on any atom is -0.372 e. The smallest absolute Gasteiger partial charge is 0.157 e. The van der Waals surface area contributed by atoms with Gasteiger partial charge in [0.25, 0.3) is 0 Å². The maximum atomic E-state index is 11.8. The van der Waals surface area contributed by atoms with E-state index in [1.165, 1.54) is 6.26 Å². The van der Waals surface area contributed by atoms with Crippen LogP contribution >= 0.6 is 22.6 Å². The van der Waals surface area contributed by atoms with Crippen molar-refractivity contribution >= 4 is 38.2 Å². The van der Waals surface area contributed by atoms with E-state index in [9.17, 15) is 8.42 Å². The first-order chi connectivity index (χ1) is 9.84. The highest BCUT2D eigenvalue weighted by molar-refractivity contribution is 14.1. The van der Waals surface area contributed by atoms with Gasteiger partial charge in [-0.1, -0.05) is 30.3 Å². The van der Waals surface area contributed by atoms with Crippen molar-refractivity contribution in [1.29, 1.82) is 0 Å². The Kier molecular flexibility index (Phi) is 4.82. The van der Waals surface area contributed by atoms with Gasteiger partial charge in [-0.2, -0.15) is 0 Å². The second-order valence-electron chi connectivity index (χ2n) is 4.68. The van der Waals surface area contributed by atoms with Crippen LogP contribution in [0.5, 0.6) is 0 Å². The van der Waals surface area contributed by atoms with Crippen LogP contribution in [0.25, 0.3) is 11.3 Å². The lowest BCUT2D eigenvalue weighted by molar-refractivity contribution is 0.589. The van der Waals surface area contributed by atoms with Crippen LogP contribution in [0, 0.1) is 3.57 Å². The maximum absolute atomic E-state index is 11.8. The molecule has 0 bridgehead atoms. The zero-order valence-electron chi connectivity index (χ0n) is 12.0. The van der Waals surface area contributed by atoms with Crippen molar-refractivity contribution in [3.05, 3.63) is 39.7 Å². The summed E-state index contributed by atoms with van der Waals surface area (Å²) < 4.78 is 24.4. The normalized spacial score (nSPS) is 13.0. The first kappa shape index (κ1) is 16.2. The molecule has 7 heteroatoms. The number of sulfone groups is 1. The van der Waals surface area contributed by atoms with Crippen molar-refractivity contribution in [2.75, 3.05) is 18.6 Å². The Hall–Kier alpha value is -1.22. The van der Waals surface area contributed by atoms with Crippen LogP contribution in [0.4, 0.5) is 5.82 Å². The number of rotatable bonds is 4. The fraction of sp³-hybridized carbons (Fsp3) is 0.286. The summed E-state index contributed by atoms with van der Waals surface area (Å²) in [5.74, 6) is 0.941. The Bertz CT molecular complexity index is 748. The van der Waals surface area contributed by atoms with Gasteiger partial charge in [0.1, 0.15) is 16.9 Å². The molecule has 2 rings (SSSR count). The van der Waals surface area contributed by atoms with Gasteiger partial charge in [-0.25, -0.2) is 18.4 Å². The molecular weight excluding hydrogens is 401 g/mol. The van der Waals surface area contributed by atoms with E-state index in [0.29, 0.717) is 11.6 Å². The molecular formula is C14H16IN3O2S. The molecule has 5 nitrogen and oxygen atoms in total. The van der Waals surface area contributed by atoms with Gasteiger partial charge in [0, 0.05) is 18.9 Å². The Balaban J connectivity index is 2.66. The molecule has 1 unspecified atom stereocenters. The molecule has 2 aromatic rings. The SMILES string of the molecule is CNc1nc(C(C)S(C)(=O)=O)nc(-c2ccccc2)c1I. The number of hydrogen-bond acceptors (Lipinski definition) is 5. The van der Waals surface area contributed by atoms with Crippen LogP contribution < -0.4 is 5.32 Å². The minimum absolute atomic E-state index is 0.307. The van der Waals surface area contributed by atoms with Crippen LogP contribution in [-0.2, 0) is 9.84 Å². The first-order valence-corrected chi connectivity index (χ1v) is 9.37. The fourth-order valence-electron chi connectivity index (χ4n) is 1.79. The van der Waals surface area contributed by atoms with E-state index < -0.39 is 15.1 Å². The largest absolute Gasteiger partial charge is 0.372 e. The molecule has 0 aliphatic heterocycles. The van der Waals surface area contributed by atoms with Gasteiger partial charge in [-0.15, -0.1) is 0 Å². The molecule has 0 saturated heterocycles. The Labute approximate surface area is 138 Å². The number of anilines is 1. The Morgan fingerprint density at radius 2 is 1.81 bits per heavy atom. The van der Waals surface area contributed by atoms with Gasteiger partial charge >= 0.3 is 0 Å². The molecule has 1 atom stereocenters. The second-order valence-corrected chi connectivity index (χ2v) is 8.13. The van der Waals surface area contributed by atoms with E-state index in [1.807, 2.05) is 30.3 Å². The highest BCUT2D eigenvalue weighted by atomic mass is 127. The van der Waals surface area contributed by atoms with Gasteiger partial charge in [0.2, 0.25) is 0 Å². The number of nitrogens with one attached hydrogen (secondary N) is 1. The summed E-state index contributed by atoms with van der Waals surface area (Å²) in [7, 11) is -1.49. The molecule has 0 aliphatic carbocycles. The molecule has 0 saturated carbocycles. The third-order valence-corrected chi connectivity index (χ3v) is 5.68. The summed E-state index contributed by atoms with van der Waals surface area (Å²) in [6.45, 7) is 1.60. The summed E-state index contributed by atoms with van der Waals surface area (Å²) in [4.78, 5) is 8.81. The fourth-order valence-corrected chi connectivity index (χ4v) is 3.10. The molecule has 0 fully saturated rings. The van der Waals surface area contributed by atoms with E-state index in [1.54, 1.807) is 14.0 Å². The molecule has 112 valence electrons. The number of halogens is 1. The van der Waals surface area contributed by atoms with Crippen molar-refractivity contribution in [2.24, 2.45) is 0 Å². The van der Waals surface area contributed by atoms with E-state index >= 15 is 0 Å². The van der Waals surface area contributed by atoms with E-state index in [-0.39, 0.29) is 0 Å². The quantitative estimate of drug-likeness (QED) is 0.775. The van der Waals surface area contributed by atoms with Gasteiger partial charge < -0.3 is 5.32 Å². The maximum Gasteiger partial charge on any atom is 0.157 e. The topological polar surface area (TPSA) is 72.0 Å². The van der Waals surface area contributed by atoms with Crippen LogP contribution in [0.3, 0.4) is 0 Å². The zero-order valence-corrected chi connectivity index (χ0v) is 14.9. The number of hydrogen-bond donors (Lipinski definition) is 1. The average Bonchev–Trinajstić information content (AvgIpc) is 2.46. The average molecular weight is 417 g/mol. The molecule has 0 aliphatic rings. The Morgan fingerprint density at radius 1 is 1.19 bits per heavy atom. The van der Waals surface area contributed by atoms with Crippen molar-refractivity contribution in [3.8, 4) is 11.3 Å². The van der Waals surface area contributed by atoms with Crippen molar-refractivity contribution in [1.82, 2.24) is 9.97 Å². The monoisotopic (exact) mass is 417 g/mol. The standard InChI is InChI=1S/C14H16IN3O2S/c1-9(21(3,19)20)13-17-12(10-7-5-4-6-8-10)11(15)14(16-2)18-13/h4-9H,1-3H3,(H,16,17,18). The predicted octanol–water partition coefficient (Wildman–Crippen LogP) is 2.90. The summed E-state index contributed by atoms with van der Waals surface area (Å²) in [6.07, 6.45) is 1.19. The van der Waals surface area contributed by atoms with Crippen LogP contribution in [0.1, 0.15) is 18.0 Å². The third-order valence-electron chi connectivity index (χ3n) is 3.16. The summed E-state index contributed by atoms with van der Waals surface area (Å²) in [5.41, 5.74) is 1.67. The highest BCUT2D eigenvalue weighted by Crippen LogP contribution is 2.30. The summed E-state index contributed by atoms with van der Waals surface area (Å²) in [5, 5.41) is 2.25. The van der Waals surface area contributed by atoms with Crippen LogP contribution in [0.2, 0.25) is 0 Å². The second kappa shape index (κ2) is 6.27. The van der Waals surface area contributed by atoms with Crippen molar-refractivity contribution in [3.63, 3.8) is 0 Å². The van der Waals surface area contributed by atoms with Crippen molar-refractivity contribution in [2.45, 2.75) is 12.2 Å². The Morgan fingerprint density at radius 3 is 2.33 bits per heavy atom. The molecule has 1 heterocycles. The van der Waals surface area contributed by atoms with Gasteiger partial charge in [-0.05, 0) is 29.5 Å².